The van der Waals surface area contributed by atoms with Crippen LogP contribution in [0.2, 0.25) is 0 Å². The van der Waals surface area contributed by atoms with Crippen LogP contribution in [0.25, 0.3) is 10.9 Å². The van der Waals surface area contributed by atoms with Crippen molar-refractivity contribution < 1.29 is 27.8 Å². The number of carbonyl (C=O) groups is 2. The van der Waals surface area contributed by atoms with E-state index in [4.69, 9.17) is 4.74 Å². The van der Waals surface area contributed by atoms with E-state index in [-0.39, 0.29) is 30.2 Å². The summed E-state index contributed by atoms with van der Waals surface area (Å²) in [6.45, 7) is -3.44. The maximum Gasteiger partial charge on any atom is 0.387 e. The standard InChI is InChI=1S/C23H21F2N3O5/c24-23(25)33-16-9-5-14(6-10-16)26-20(29)13-32-21(30)12-11-19-27-18-4-2-1-3-17(18)22(31)28(19)15-7-8-15/h1-6,9-10,15,23H,7-8,11-13H2,(H,26,29). The molecule has 1 N–H and O–H groups in total. The Morgan fingerprint density at radius 2 is 1.85 bits per heavy atom. The predicted molar refractivity (Wildman–Crippen MR) is 115 cm³/mol. The second-order valence-corrected chi connectivity index (χ2v) is 7.56. The van der Waals surface area contributed by atoms with Gasteiger partial charge in [0, 0.05) is 18.2 Å². The molecule has 172 valence electrons. The molecule has 1 aromatic heterocycles. The highest BCUT2D eigenvalue weighted by molar-refractivity contribution is 5.92. The number of anilines is 1. The lowest BCUT2D eigenvalue weighted by Crippen LogP contribution is -2.25. The number of rotatable bonds is 9. The van der Waals surface area contributed by atoms with Crippen molar-refractivity contribution in [2.75, 3.05) is 11.9 Å². The first-order valence-electron chi connectivity index (χ1n) is 10.4. The summed E-state index contributed by atoms with van der Waals surface area (Å²) >= 11 is 0. The largest absolute Gasteiger partial charge is 0.456 e. The molecule has 1 heterocycles. The SMILES string of the molecule is O=C(COC(=O)CCc1nc2ccccc2c(=O)n1C1CC1)Nc1ccc(OC(F)F)cc1. The van der Waals surface area contributed by atoms with E-state index in [9.17, 15) is 23.2 Å². The van der Waals surface area contributed by atoms with Crippen LogP contribution in [0.3, 0.4) is 0 Å². The lowest BCUT2D eigenvalue weighted by atomic mass is 10.2. The summed E-state index contributed by atoms with van der Waals surface area (Å²) in [7, 11) is 0. The second kappa shape index (κ2) is 9.76. The van der Waals surface area contributed by atoms with Gasteiger partial charge in [-0.1, -0.05) is 12.1 Å². The zero-order valence-corrected chi connectivity index (χ0v) is 17.5. The number of nitrogens with zero attached hydrogens (tertiary/aromatic N) is 2. The van der Waals surface area contributed by atoms with Gasteiger partial charge in [-0.15, -0.1) is 0 Å². The molecule has 10 heteroatoms. The fourth-order valence-corrected chi connectivity index (χ4v) is 3.43. The van der Waals surface area contributed by atoms with Gasteiger partial charge in [0.1, 0.15) is 11.6 Å². The van der Waals surface area contributed by atoms with Crippen LogP contribution in [0.5, 0.6) is 5.75 Å². The molecule has 1 fully saturated rings. The summed E-state index contributed by atoms with van der Waals surface area (Å²) in [4.78, 5) is 41.6. The van der Waals surface area contributed by atoms with Gasteiger partial charge in [0.2, 0.25) is 0 Å². The third-order valence-electron chi connectivity index (χ3n) is 5.07. The van der Waals surface area contributed by atoms with Gasteiger partial charge in [-0.2, -0.15) is 8.78 Å². The third-order valence-corrected chi connectivity index (χ3v) is 5.07. The number of esters is 1. The van der Waals surface area contributed by atoms with Gasteiger partial charge in [0.25, 0.3) is 11.5 Å². The van der Waals surface area contributed by atoms with Gasteiger partial charge < -0.3 is 14.8 Å². The maximum absolute atomic E-state index is 12.8. The molecule has 2 aromatic carbocycles. The van der Waals surface area contributed by atoms with Crippen molar-refractivity contribution >= 4 is 28.5 Å². The molecule has 3 aromatic rings. The first kappa shape index (κ1) is 22.4. The van der Waals surface area contributed by atoms with Gasteiger partial charge >= 0.3 is 12.6 Å². The van der Waals surface area contributed by atoms with Crippen LogP contribution in [0.4, 0.5) is 14.5 Å². The smallest absolute Gasteiger partial charge is 0.387 e. The Morgan fingerprint density at radius 1 is 1.12 bits per heavy atom. The number of ether oxygens (including phenoxy) is 2. The summed E-state index contributed by atoms with van der Waals surface area (Å²) in [5.41, 5.74) is 0.800. The van der Waals surface area contributed by atoms with E-state index in [1.54, 1.807) is 28.8 Å². The number of para-hydroxylation sites is 1. The monoisotopic (exact) mass is 457 g/mol. The van der Waals surface area contributed by atoms with E-state index in [1.807, 2.05) is 0 Å². The van der Waals surface area contributed by atoms with Crippen molar-refractivity contribution in [1.29, 1.82) is 0 Å². The quantitative estimate of drug-likeness (QED) is 0.494. The maximum atomic E-state index is 12.8. The van der Waals surface area contributed by atoms with Crippen LogP contribution in [0.1, 0.15) is 31.1 Å². The fourth-order valence-electron chi connectivity index (χ4n) is 3.43. The molecule has 1 aliphatic carbocycles. The topological polar surface area (TPSA) is 99.5 Å². The zero-order chi connectivity index (χ0) is 23.4. The van der Waals surface area contributed by atoms with Gasteiger partial charge in [0.05, 0.1) is 17.3 Å². The van der Waals surface area contributed by atoms with E-state index in [1.165, 1.54) is 24.3 Å². The summed E-state index contributed by atoms with van der Waals surface area (Å²) in [5, 5.41) is 3.04. The summed E-state index contributed by atoms with van der Waals surface area (Å²) in [6, 6.07) is 12.5. The van der Waals surface area contributed by atoms with Gasteiger partial charge in [-0.3, -0.25) is 19.0 Å². The van der Waals surface area contributed by atoms with E-state index in [2.05, 4.69) is 15.0 Å². The number of amides is 1. The molecule has 0 saturated heterocycles. The lowest BCUT2D eigenvalue weighted by molar-refractivity contribution is -0.147. The number of alkyl halides is 2. The normalized spacial score (nSPS) is 13.2. The van der Waals surface area contributed by atoms with Crippen LogP contribution in [0.15, 0.2) is 53.3 Å². The fraction of sp³-hybridized carbons (Fsp3) is 0.304. The molecule has 0 aliphatic heterocycles. The molecule has 0 atom stereocenters. The van der Waals surface area contributed by atoms with Crippen molar-refractivity contribution in [2.45, 2.75) is 38.3 Å². The molecular formula is C23H21F2N3O5. The van der Waals surface area contributed by atoms with Crippen LogP contribution in [-0.2, 0) is 20.7 Å². The number of carbonyl (C=O) groups excluding carboxylic acids is 2. The summed E-state index contributed by atoms with van der Waals surface area (Å²) < 4.78 is 35.2. The molecular weight excluding hydrogens is 436 g/mol. The number of halogens is 2. The van der Waals surface area contributed by atoms with Gasteiger partial charge in [-0.05, 0) is 49.2 Å². The number of aryl methyl sites for hydroxylation is 1. The van der Waals surface area contributed by atoms with Gasteiger partial charge in [-0.25, -0.2) is 4.98 Å². The molecule has 1 aliphatic rings. The number of hydrogen-bond donors (Lipinski definition) is 1. The summed E-state index contributed by atoms with van der Waals surface area (Å²) in [6.07, 6.45) is 1.96. The molecule has 0 spiro atoms. The van der Waals surface area contributed by atoms with E-state index >= 15 is 0 Å². The number of aromatic nitrogens is 2. The average molecular weight is 457 g/mol. The molecule has 0 bridgehead atoms. The van der Waals surface area contributed by atoms with Crippen molar-refractivity contribution in [3.8, 4) is 5.75 Å². The number of benzene rings is 2. The van der Waals surface area contributed by atoms with Crippen LogP contribution < -0.4 is 15.6 Å². The Kier molecular flexibility index (Phi) is 6.62. The molecule has 33 heavy (non-hydrogen) atoms. The Morgan fingerprint density at radius 3 is 2.55 bits per heavy atom. The second-order valence-electron chi connectivity index (χ2n) is 7.56. The Labute approximate surface area is 187 Å². The van der Waals surface area contributed by atoms with Crippen molar-refractivity contribution in [3.05, 3.63) is 64.7 Å². The number of hydrogen-bond acceptors (Lipinski definition) is 6. The van der Waals surface area contributed by atoms with Crippen molar-refractivity contribution in [2.24, 2.45) is 0 Å². The van der Waals surface area contributed by atoms with Crippen molar-refractivity contribution in [1.82, 2.24) is 9.55 Å². The van der Waals surface area contributed by atoms with E-state index in [0.29, 0.717) is 22.4 Å². The number of nitrogens with one attached hydrogen (secondary N) is 1. The van der Waals surface area contributed by atoms with E-state index < -0.39 is 25.1 Å². The third kappa shape index (κ3) is 5.71. The minimum atomic E-state index is -2.94. The lowest BCUT2D eigenvalue weighted by Gasteiger charge is -2.12. The average Bonchev–Trinajstić information content (AvgIpc) is 3.62. The first-order valence-corrected chi connectivity index (χ1v) is 10.4. The molecule has 0 unspecified atom stereocenters. The molecule has 4 rings (SSSR count). The predicted octanol–water partition coefficient (Wildman–Crippen LogP) is 3.45. The minimum Gasteiger partial charge on any atom is -0.456 e. The number of fused-ring (bicyclic) bond motifs is 1. The molecule has 0 radical (unpaired) electrons. The van der Waals surface area contributed by atoms with Gasteiger partial charge in [0.15, 0.2) is 6.61 Å². The van der Waals surface area contributed by atoms with Crippen molar-refractivity contribution in [3.63, 3.8) is 0 Å². The Balaban J connectivity index is 1.31. The van der Waals surface area contributed by atoms with Crippen LogP contribution >= 0.6 is 0 Å². The summed E-state index contributed by atoms with van der Waals surface area (Å²) in [5.74, 6) is -0.699. The Hall–Kier alpha value is -3.82. The Bertz CT molecular complexity index is 1220. The molecule has 1 saturated carbocycles. The molecule has 8 nitrogen and oxygen atoms in total. The zero-order valence-electron chi connectivity index (χ0n) is 17.5. The highest BCUT2D eigenvalue weighted by Gasteiger charge is 2.28. The highest BCUT2D eigenvalue weighted by atomic mass is 19.3. The molecule has 1 amide bonds. The van der Waals surface area contributed by atoms with Crippen LogP contribution in [-0.4, -0.2) is 34.6 Å². The minimum absolute atomic E-state index is 0.0373. The first-order chi connectivity index (χ1) is 15.9. The highest BCUT2D eigenvalue weighted by Crippen LogP contribution is 2.34. The van der Waals surface area contributed by atoms with Crippen LogP contribution in [0, 0.1) is 0 Å². The van der Waals surface area contributed by atoms with E-state index in [0.717, 1.165) is 12.8 Å².